The molecule has 13 heteroatoms. The van der Waals surface area contributed by atoms with Crippen LogP contribution in [0.15, 0.2) is 18.2 Å². The maximum Gasteiger partial charge on any atom is 0.337 e. The van der Waals surface area contributed by atoms with Gasteiger partial charge in [-0.25, -0.2) is 14.5 Å². The number of carboxylic acid groups (broad SMARTS) is 1. The van der Waals surface area contributed by atoms with Crippen LogP contribution in [0.5, 0.6) is 5.75 Å². The Kier molecular flexibility index (Phi) is 7.71. The number of nitrogens with two attached hydrogens (primary N) is 1. The number of benzene rings is 1. The molecule has 6 amide bonds. The van der Waals surface area contributed by atoms with Gasteiger partial charge in [0.2, 0.25) is 23.6 Å². The Morgan fingerprint density at radius 1 is 1.25 bits per heavy atom. The Labute approximate surface area is 182 Å². The number of urea groups is 1. The smallest absolute Gasteiger partial charge is 0.337 e. The van der Waals surface area contributed by atoms with Gasteiger partial charge in [0.05, 0.1) is 24.8 Å². The lowest BCUT2D eigenvalue weighted by Gasteiger charge is -2.35. The summed E-state index contributed by atoms with van der Waals surface area (Å²) in [6.45, 7) is 0.505. The molecule has 0 bridgehead atoms. The molecule has 1 fully saturated rings. The highest BCUT2D eigenvalue weighted by molar-refractivity contribution is 6.09. The molecule has 1 heterocycles. The van der Waals surface area contributed by atoms with Crippen molar-refractivity contribution in [2.24, 2.45) is 5.73 Å². The van der Waals surface area contributed by atoms with E-state index in [9.17, 15) is 33.9 Å². The van der Waals surface area contributed by atoms with Crippen molar-refractivity contribution in [3.8, 4) is 5.75 Å². The molecule has 1 atom stereocenters. The van der Waals surface area contributed by atoms with Gasteiger partial charge in [-0.2, -0.15) is 0 Å². The van der Waals surface area contributed by atoms with E-state index >= 15 is 0 Å². The molecule has 1 aromatic carbocycles. The van der Waals surface area contributed by atoms with E-state index in [0.29, 0.717) is 5.75 Å². The van der Waals surface area contributed by atoms with Crippen LogP contribution >= 0.6 is 0 Å². The standard InChI is InChI=1S/C19H23N5O8/c1-10(25)22-13(8-15(20)26)17(28)21-9-24-16(27)5-6-23(19(24)31)14-7-11(32-2)3-4-12(14)18(29)30/h3-4,7,13H,5-6,8-9H2,1-2H3,(H2,20,26)(H,21,28)(H,22,25)(H,29,30). The first kappa shape index (κ1) is 24.1. The van der Waals surface area contributed by atoms with Crippen LogP contribution < -0.4 is 26.0 Å². The zero-order chi connectivity index (χ0) is 24.0. The molecular formula is C19H23N5O8. The van der Waals surface area contributed by atoms with E-state index in [2.05, 4.69) is 10.6 Å². The summed E-state index contributed by atoms with van der Waals surface area (Å²) in [6.07, 6.45) is -0.612. The van der Waals surface area contributed by atoms with Crippen LogP contribution in [0, 0.1) is 0 Å². The topological polar surface area (TPSA) is 188 Å². The number of aromatic carboxylic acids is 1. The van der Waals surface area contributed by atoms with Crippen molar-refractivity contribution in [1.82, 2.24) is 15.5 Å². The third-order valence-corrected chi connectivity index (χ3v) is 4.55. The summed E-state index contributed by atoms with van der Waals surface area (Å²) < 4.78 is 5.09. The fourth-order valence-electron chi connectivity index (χ4n) is 3.05. The average Bonchev–Trinajstić information content (AvgIpc) is 2.71. The maximum absolute atomic E-state index is 13.0. The number of nitrogens with one attached hydrogen (secondary N) is 2. The summed E-state index contributed by atoms with van der Waals surface area (Å²) in [6, 6.07) is 1.91. The number of hydrogen-bond acceptors (Lipinski definition) is 7. The second kappa shape index (κ2) is 10.2. The van der Waals surface area contributed by atoms with Crippen LogP contribution in [-0.4, -0.2) is 72.0 Å². The van der Waals surface area contributed by atoms with Crippen LogP contribution in [0.25, 0.3) is 0 Å². The van der Waals surface area contributed by atoms with Gasteiger partial charge < -0.3 is 26.2 Å². The Bertz CT molecular complexity index is 947. The number of nitrogens with zero attached hydrogens (tertiary/aromatic N) is 2. The first-order valence-corrected chi connectivity index (χ1v) is 9.41. The van der Waals surface area contributed by atoms with Gasteiger partial charge >= 0.3 is 12.0 Å². The van der Waals surface area contributed by atoms with Crippen LogP contribution in [0.1, 0.15) is 30.1 Å². The SMILES string of the molecule is COc1ccc(C(=O)O)c(N2CCC(=O)N(CNC(=O)C(CC(N)=O)NC(C)=O)C2=O)c1. The first-order chi connectivity index (χ1) is 15.0. The van der Waals surface area contributed by atoms with E-state index in [0.717, 1.165) is 16.7 Å². The van der Waals surface area contributed by atoms with Crippen molar-refractivity contribution in [2.75, 3.05) is 25.2 Å². The van der Waals surface area contributed by atoms with E-state index in [4.69, 9.17) is 10.5 Å². The number of primary amides is 1. The van der Waals surface area contributed by atoms with Gasteiger partial charge in [0.1, 0.15) is 18.5 Å². The van der Waals surface area contributed by atoms with Gasteiger partial charge in [-0.1, -0.05) is 0 Å². The Balaban J connectivity index is 2.22. The largest absolute Gasteiger partial charge is 0.497 e. The molecule has 32 heavy (non-hydrogen) atoms. The summed E-state index contributed by atoms with van der Waals surface area (Å²) in [5, 5.41) is 14.0. The molecule has 172 valence electrons. The number of carboxylic acids is 1. The third-order valence-electron chi connectivity index (χ3n) is 4.55. The monoisotopic (exact) mass is 449 g/mol. The molecule has 1 aliphatic rings. The van der Waals surface area contributed by atoms with Gasteiger partial charge in [0, 0.05) is 26.0 Å². The minimum absolute atomic E-state index is 0.0236. The highest BCUT2D eigenvalue weighted by Gasteiger charge is 2.35. The molecule has 0 aromatic heterocycles. The molecule has 1 unspecified atom stereocenters. The van der Waals surface area contributed by atoms with Gasteiger partial charge in [-0.3, -0.25) is 24.1 Å². The summed E-state index contributed by atoms with van der Waals surface area (Å²) in [5.74, 6) is -3.83. The molecule has 0 aliphatic carbocycles. The number of carbonyl (C=O) groups is 6. The lowest BCUT2D eigenvalue weighted by atomic mass is 10.1. The quantitative estimate of drug-likeness (QED) is 0.369. The van der Waals surface area contributed by atoms with Gasteiger partial charge in [0.25, 0.3) is 0 Å². The molecular weight excluding hydrogens is 426 g/mol. The normalized spacial score (nSPS) is 14.6. The van der Waals surface area contributed by atoms with E-state index in [-0.39, 0.29) is 24.2 Å². The zero-order valence-electron chi connectivity index (χ0n) is 17.4. The Hall–Kier alpha value is -4.16. The number of imide groups is 1. The molecule has 1 saturated heterocycles. The molecule has 0 saturated carbocycles. The highest BCUT2D eigenvalue weighted by atomic mass is 16.5. The summed E-state index contributed by atoms with van der Waals surface area (Å²) in [7, 11) is 1.38. The van der Waals surface area contributed by atoms with E-state index in [1.807, 2.05) is 0 Å². The Morgan fingerprint density at radius 3 is 2.50 bits per heavy atom. The minimum Gasteiger partial charge on any atom is -0.497 e. The van der Waals surface area contributed by atoms with E-state index in [1.165, 1.54) is 25.3 Å². The lowest BCUT2D eigenvalue weighted by Crippen LogP contribution is -2.57. The predicted molar refractivity (Wildman–Crippen MR) is 109 cm³/mol. The minimum atomic E-state index is -1.28. The van der Waals surface area contributed by atoms with Crippen LogP contribution in [-0.2, 0) is 19.2 Å². The lowest BCUT2D eigenvalue weighted by molar-refractivity contribution is -0.133. The molecule has 13 nitrogen and oxygen atoms in total. The molecule has 1 aromatic rings. The average molecular weight is 449 g/mol. The van der Waals surface area contributed by atoms with Gasteiger partial charge in [0.15, 0.2) is 0 Å². The number of rotatable bonds is 9. The van der Waals surface area contributed by atoms with Crippen molar-refractivity contribution < 1.29 is 38.6 Å². The number of carbonyl (C=O) groups excluding carboxylic acids is 5. The first-order valence-electron chi connectivity index (χ1n) is 9.41. The fraction of sp³-hybridized carbons (Fsp3) is 0.368. The van der Waals surface area contributed by atoms with Gasteiger partial charge in [-0.05, 0) is 12.1 Å². The molecule has 0 radical (unpaired) electrons. The number of anilines is 1. The zero-order valence-corrected chi connectivity index (χ0v) is 17.4. The predicted octanol–water partition coefficient (Wildman–Crippen LogP) is -0.994. The highest BCUT2D eigenvalue weighted by Crippen LogP contribution is 2.29. The van der Waals surface area contributed by atoms with Crippen molar-refractivity contribution in [1.29, 1.82) is 0 Å². The van der Waals surface area contributed by atoms with Crippen molar-refractivity contribution in [3.63, 3.8) is 0 Å². The molecule has 0 spiro atoms. The van der Waals surface area contributed by atoms with Gasteiger partial charge in [-0.15, -0.1) is 0 Å². The number of amides is 6. The number of hydrogen-bond donors (Lipinski definition) is 4. The van der Waals surface area contributed by atoms with E-state index < -0.39 is 54.8 Å². The van der Waals surface area contributed by atoms with Crippen molar-refractivity contribution >= 4 is 41.3 Å². The maximum atomic E-state index is 13.0. The van der Waals surface area contributed by atoms with Crippen molar-refractivity contribution in [2.45, 2.75) is 25.8 Å². The summed E-state index contributed by atoms with van der Waals surface area (Å²) in [5.41, 5.74) is 4.93. The van der Waals surface area contributed by atoms with E-state index in [1.54, 1.807) is 0 Å². The second-order valence-electron chi connectivity index (χ2n) is 6.82. The fourth-order valence-corrected chi connectivity index (χ4v) is 3.05. The summed E-state index contributed by atoms with van der Waals surface area (Å²) >= 11 is 0. The molecule has 1 aliphatic heterocycles. The van der Waals surface area contributed by atoms with Crippen LogP contribution in [0.2, 0.25) is 0 Å². The Morgan fingerprint density at radius 2 is 1.94 bits per heavy atom. The van der Waals surface area contributed by atoms with Crippen molar-refractivity contribution in [3.05, 3.63) is 23.8 Å². The number of ether oxygens (including phenoxy) is 1. The third kappa shape index (κ3) is 5.71. The van der Waals surface area contributed by atoms with Crippen LogP contribution in [0.3, 0.4) is 0 Å². The number of methoxy groups -OCH3 is 1. The molecule has 5 N–H and O–H groups in total. The molecule has 2 rings (SSSR count). The second-order valence-corrected chi connectivity index (χ2v) is 6.82. The summed E-state index contributed by atoms with van der Waals surface area (Å²) in [4.78, 5) is 73.4. The van der Waals surface area contributed by atoms with Crippen LogP contribution in [0.4, 0.5) is 10.5 Å².